The Hall–Kier alpha value is -1.59. The molecule has 0 saturated carbocycles. The summed E-state index contributed by atoms with van der Waals surface area (Å²) in [6.07, 6.45) is 2.46. The Balaban J connectivity index is 2.15. The Labute approximate surface area is 137 Å². The van der Waals surface area contributed by atoms with Crippen LogP contribution < -0.4 is 10.6 Å². The van der Waals surface area contributed by atoms with Crippen LogP contribution in [0.4, 0.5) is 11.5 Å². The van der Waals surface area contributed by atoms with Crippen LogP contribution >= 0.6 is 27.5 Å². The van der Waals surface area contributed by atoms with Crippen LogP contribution in [-0.2, 0) is 0 Å². The fourth-order valence-electron chi connectivity index (χ4n) is 1.69. The summed E-state index contributed by atoms with van der Waals surface area (Å²) in [5, 5.41) is 6.27. The number of amides is 1. The van der Waals surface area contributed by atoms with Gasteiger partial charge in [0.25, 0.3) is 5.91 Å². The molecule has 2 rings (SSSR count). The van der Waals surface area contributed by atoms with E-state index >= 15 is 0 Å². The lowest BCUT2D eigenvalue weighted by atomic mass is 10.2. The second-order valence-electron chi connectivity index (χ2n) is 4.44. The lowest BCUT2D eigenvalue weighted by molar-refractivity contribution is 0.102. The van der Waals surface area contributed by atoms with E-state index in [0.29, 0.717) is 22.1 Å². The molecular formula is C15H15BrClN3O. The lowest BCUT2D eigenvalue weighted by Gasteiger charge is -2.09. The van der Waals surface area contributed by atoms with Crippen molar-refractivity contribution in [3.63, 3.8) is 0 Å². The summed E-state index contributed by atoms with van der Waals surface area (Å²) in [5.74, 6) is 0.381. The molecule has 0 fully saturated rings. The molecule has 0 unspecified atom stereocenters. The molecule has 0 saturated heterocycles. The molecule has 0 aliphatic rings. The number of anilines is 2. The standard InChI is InChI=1S/C15H15BrClN3O/c1-2-7-18-14-8-12(13(17)9-19-14)15(21)20-11-5-3-10(16)4-6-11/h3-6,8-9H,2,7H2,1H3,(H,18,19)(H,20,21). The van der Waals surface area contributed by atoms with E-state index in [2.05, 4.69) is 38.5 Å². The highest BCUT2D eigenvalue weighted by Crippen LogP contribution is 2.20. The number of pyridine rings is 1. The zero-order valence-electron chi connectivity index (χ0n) is 11.5. The van der Waals surface area contributed by atoms with E-state index in [1.165, 1.54) is 6.20 Å². The first-order valence-corrected chi connectivity index (χ1v) is 7.73. The van der Waals surface area contributed by atoms with Gasteiger partial charge in [0.1, 0.15) is 5.82 Å². The molecule has 1 aromatic heterocycles. The molecule has 0 bridgehead atoms. The van der Waals surface area contributed by atoms with Gasteiger partial charge in [0.05, 0.1) is 10.6 Å². The summed E-state index contributed by atoms with van der Waals surface area (Å²) in [6.45, 7) is 2.85. The van der Waals surface area contributed by atoms with Gasteiger partial charge in [-0.3, -0.25) is 4.79 Å². The van der Waals surface area contributed by atoms with Crippen LogP contribution in [0.15, 0.2) is 41.0 Å². The zero-order chi connectivity index (χ0) is 15.2. The largest absolute Gasteiger partial charge is 0.370 e. The Morgan fingerprint density at radius 2 is 2.05 bits per heavy atom. The van der Waals surface area contributed by atoms with Crippen LogP contribution in [0.2, 0.25) is 5.02 Å². The molecule has 1 heterocycles. The number of aromatic nitrogens is 1. The maximum Gasteiger partial charge on any atom is 0.257 e. The number of carbonyl (C=O) groups excluding carboxylic acids is 1. The number of nitrogens with zero attached hydrogens (tertiary/aromatic N) is 1. The van der Waals surface area contributed by atoms with E-state index in [0.717, 1.165) is 17.4 Å². The third-order valence-electron chi connectivity index (χ3n) is 2.76. The molecule has 0 spiro atoms. The molecule has 0 radical (unpaired) electrons. The molecule has 0 aliphatic carbocycles. The number of halogens is 2. The number of benzene rings is 1. The van der Waals surface area contributed by atoms with Gasteiger partial charge in [0, 0.05) is 22.9 Å². The summed E-state index contributed by atoms with van der Waals surface area (Å²) in [6, 6.07) is 9.00. The minimum Gasteiger partial charge on any atom is -0.370 e. The van der Waals surface area contributed by atoms with Gasteiger partial charge >= 0.3 is 0 Å². The van der Waals surface area contributed by atoms with Crippen molar-refractivity contribution in [2.24, 2.45) is 0 Å². The maximum absolute atomic E-state index is 12.3. The SMILES string of the molecule is CCCNc1cc(C(=O)Nc2ccc(Br)cc2)c(Cl)cn1. The molecule has 21 heavy (non-hydrogen) atoms. The third kappa shape index (κ3) is 4.44. The number of hydrogen-bond acceptors (Lipinski definition) is 3. The monoisotopic (exact) mass is 367 g/mol. The van der Waals surface area contributed by atoms with E-state index in [1.54, 1.807) is 6.07 Å². The Morgan fingerprint density at radius 1 is 1.33 bits per heavy atom. The Bertz CT molecular complexity index is 631. The van der Waals surface area contributed by atoms with E-state index in [4.69, 9.17) is 11.6 Å². The van der Waals surface area contributed by atoms with Crippen molar-refractivity contribution in [2.45, 2.75) is 13.3 Å². The quantitative estimate of drug-likeness (QED) is 0.812. The Morgan fingerprint density at radius 3 is 2.71 bits per heavy atom. The maximum atomic E-state index is 12.3. The molecule has 1 amide bonds. The highest BCUT2D eigenvalue weighted by molar-refractivity contribution is 9.10. The van der Waals surface area contributed by atoms with Gasteiger partial charge in [0.15, 0.2) is 0 Å². The first-order chi connectivity index (χ1) is 10.1. The topological polar surface area (TPSA) is 54.0 Å². The minimum absolute atomic E-state index is 0.260. The van der Waals surface area contributed by atoms with Gasteiger partial charge in [-0.05, 0) is 36.8 Å². The number of carbonyl (C=O) groups is 1. The highest BCUT2D eigenvalue weighted by atomic mass is 79.9. The smallest absolute Gasteiger partial charge is 0.257 e. The van der Waals surface area contributed by atoms with Crippen molar-refractivity contribution >= 4 is 44.9 Å². The predicted octanol–water partition coefficient (Wildman–Crippen LogP) is 4.57. The molecule has 110 valence electrons. The van der Waals surface area contributed by atoms with Crippen LogP contribution in [0.1, 0.15) is 23.7 Å². The summed E-state index contributed by atoms with van der Waals surface area (Å²) < 4.78 is 0.952. The van der Waals surface area contributed by atoms with Crippen molar-refractivity contribution in [2.75, 3.05) is 17.2 Å². The number of rotatable bonds is 5. The molecule has 2 N–H and O–H groups in total. The van der Waals surface area contributed by atoms with Crippen molar-refractivity contribution in [3.8, 4) is 0 Å². The van der Waals surface area contributed by atoms with Gasteiger partial charge in [-0.25, -0.2) is 4.98 Å². The van der Waals surface area contributed by atoms with E-state index in [9.17, 15) is 4.79 Å². The minimum atomic E-state index is -0.260. The van der Waals surface area contributed by atoms with Crippen molar-refractivity contribution in [3.05, 3.63) is 51.6 Å². The van der Waals surface area contributed by atoms with Crippen LogP contribution in [0.5, 0.6) is 0 Å². The summed E-state index contributed by atoms with van der Waals surface area (Å²) >= 11 is 9.41. The normalized spacial score (nSPS) is 10.2. The second-order valence-corrected chi connectivity index (χ2v) is 5.76. The van der Waals surface area contributed by atoms with Crippen molar-refractivity contribution in [1.82, 2.24) is 4.98 Å². The summed E-state index contributed by atoms with van der Waals surface area (Å²) in [7, 11) is 0. The van der Waals surface area contributed by atoms with E-state index in [-0.39, 0.29) is 5.91 Å². The second kappa shape index (κ2) is 7.43. The van der Waals surface area contributed by atoms with Crippen molar-refractivity contribution < 1.29 is 4.79 Å². The lowest BCUT2D eigenvalue weighted by Crippen LogP contribution is -2.13. The van der Waals surface area contributed by atoms with Gasteiger partial charge in [0.2, 0.25) is 0 Å². The van der Waals surface area contributed by atoms with Crippen LogP contribution in [0.3, 0.4) is 0 Å². The predicted molar refractivity (Wildman–Crippen MR) is 90.1 cm³/mol. The average molecular weight is 369 g/mol. The zero-order valence-corrected chi connectivity index (χ0v) is 13.8. The Kier molecular flexibility index (Phi) is 5.59. The number of nitrogens with one attached hydrogen (secondary N) is 2. The molecule has 0 aliphatic heterocycles. The van der Waals surface area contributed by atoms with Crippen LogP contribution in [0, 0.1) is 0 Å². The molecule has 2 aromatic rings. The molecule has 6 heteroatoms. The van der Waals surface area contributed by atoms with Crippen LogP contribution in [0.25, 0.3) is 0 Å². The summed E-state index contributed by atoms with van der Waals surface area (Å²) in [5.41, 5.74) is 1.10. The molecule has 4 nitrogen and oxygen atoms in total. The third-order valence-corrected chi connectivity index (χ3v) is 3.59. The first kappa shape index (κ1) is 15.8. The van der Waals surface area contributed by atoms with E-state index in [1.807, 2.05) is 24.3 Å². The van der Waals surface area contributed by atoms with Gasteiger partial charge in [-0.2, -0.15) is 0 Å². The number of hydrogen-bond donors (Lipinski definition) is 2. The highest BCUT2D eigenvalue weighted by Gasteiger charge is 2.12. The van der Waals surface area contributed by atoms with Gasteiger partial charge in [-0.15, -0.1) is 0 Å². The molecular weight excluding hydrogens is 354 g/mol. The first-order valence-electron chi connectivity index (χ1n) is 6.56. The van der Waals surface area contributed by atoms with Gasteiger partial charge in [-0.1, -0.05) is 34.5 Å². The molecule has 1 aromatic carbocycles. The summed E-state index contributed by atoms with van der Waals surface area (Å²) in [4.78, 5) is 16.4. The average Bonchev–Trinajstić information content (AvgIpc) is 2.48. The van der Waals surface area contributed by atoms with Gasteiger partial charge < -0.3 is 10.6 Å². The van der Waals surface area contributed by atoms with Crippen LogP contribution in [-0.4, -0.2) is 17.4 Å². The fraction of sp³-hybridized carbons (Fsp3) is 0.200. The van der Waals surface area contributed by atoms with E-state index < -0.39 is 0 Å². The van der Waals surface area contributed by atoms with Crippen molar-refractivity contribution in [1.29, 1.82) is 0 Å². The fourth-order valence-corrected chi connectivity index (χ4v) is 2.15. The molecule has 0 atom stereocenters.